The molecule has 0 N–H and O–H groups in total. The summed E-state index contributed by atoms with van der Waals surface area (Å²) in [5.74, 6) is -1.55. The molecule has 0 saturated carbocycles. The topological polar surface area (TPSA) is 80.3 Å². The van der Waals surface area contributed by atoms with Crippen molar-refractivity contribution in [2.24, 2.45) is 0 Å². The maximum absolute atomic E-state index is 15.5. The van der Waals surface area contributed by atoms with Crippen molar-refractivity contribution in [1.29, 1.82) is 0 Å². The third kappa shape index (κ3) is 6.02. The number of amides is 1. The second-order valence-corrected chi connectivity index (χ2v) is 12.2. The summed E-state index contributed by atoms with van der Waals surface area (Å²) in [4.78, 5) is 27.1. The molecule has 40 heavy (non-hydrogen) atoms. The summed E-state index contributed by atoms with van der Waals surface area (Å²) >= 11 is 2.90. The van der Waals surface area contributed by atoms with Gasteiger partial charge in [-0.05, 0) is 81.5 Å². The lowest BCUT2D eigenvalue weighted by Gasteiger charge is -2.36. The third-order valence-corrected chi connectivity index (χ3v) is 8.27. The molecule has 0 unspecified atom stereocenters. The molecule has 220 valence electrons. The summed E-state index contributed by atoms with van der Waals surface area (Å²) in [5.41, 5.74) is -0.957. The number of ether oxygens (including phenoxy) is 3. The quantitative estimate of drug-likeness (QED) is 0.400. The molecule has 1 aromatic carbocycles. The predicted octanol–water partition coefficient (Wildman–Crippen LogP) is 5.49. The molecule has 9 nitrogen and oxygen atoms in total. The number of nitrogens with zero attached hydrogens (tertiary/aromatic N) is 5. The SMILES string of the molecule is CC(C)(C)OC(=O)N1CCN(c2nc(OCC34CCCN3CCC4)nc3c(F)c(Br)c(OC(F)(F)F)cc23)CC1. The molecule has 3 aliphatic heterocycles. The van der Waals surface area contributed by atoms with Crippen LogP contribution >= 0.6 is 15.9 Å². The number of carbonyl (C=O) groups is 1. The van der Waals surface area contributed by atoms with Gasteiger partial charge in [-0.2, -0.15) is 9.97 Å². The van der Waals surface area contributed by atoms with Gasteiger partial charge in [-0.1, -0.05) is 0 Å². The molecule has 3 aliphatic rings. The summed E-state index contributed by atoms with van der Waals surface area (Å²) in [6, 6.07) is 1.02. The van der Waals surface area contributed by atoms with Gasteiger partial charge in [-0.15, -0.1) is 13.2 Å². The minimum atomic E-state index is -5.03. The van der Waals surface area contributed by atoms with Crippen LogP contribution in [0.1, 0.15) is 46.5 Å². The first-order valence-corrected chi connectivity index (χ1v) is 14.1. The summed E-state index contributed by atoms with van der Waals surface area (Å²) in [5, 5.41) is 0.0412. The Balaban J connectivity index is 1.47. The lowest BCUT2D eigenvalue weighted by Crippen LogP contribution is -2.50. The zero-order chi connectivity index (χ0) is 28.9. The molecular formula is C26H32BrF4N5O4. The summed E-state index contributed by atoms with van der Waals surface area (Å²) in [7, 11) is 0. The van der Waals surface area contributed by atoms with E-state index >= 15 is 4.39 Å². The number of hydrogen-bond acceptors (Lipinski definition) is 8. The van der Waals surface area contributed by atoms with Crippen LogP contribution in [0.15, 0.2) is 10.5 Å². The molecular weight excluding hydrogens is 602 g/mol. The van der Waals surface area contributed by atoms with Crippen LogP contribution in [-0.2, 0) is 4.74 Å². The fourth-order valence-corrected chi connectivity index (χ4v) is 6.12. The number of hydrogen-bond donors (Lipinski definition) is 0. The van der Waals surface area contributed by atoms with Crippen LogP contribution in [0.2, 0.25) is 0 Å². The minimum absolute atomic E-state index is 0.0412. The first kappa shape index (κ1) is 28.9. The van der Waals surface area contributed by atoms with Crippen molar-refractivity contribution in [2.45, 2.75) is 64.0 Å². The van der Waals surface area contributed by atoms with E-state index in [1.54, 1.807) is 30.6 Å². The third-order valence-electron chi connectivity index (χ3n) is 7.54. The molecule has 14 heteroatoms. The number of halogens is 5. The first-order valence-electron chi connectivity index (χ1n) is 13.3. The lowest BCUT2D eigenvalue weighted by molar-refractivity contribution is -0.274. The van der Waals surface area contributed by atoms with E-state index in [4.69, 9.17) is 9.47 Å². The van der Waals surface area contributed by atoms with Crippen LogP contribution in [0.25, 0.3) is 10.9 Å². The number of piperazine rings is 1. The molecule has 1 aromatic heterocycles. The monoisotopic (exact) mass is 633 g/mol. The number of carbonyl (C=O) groups excluding carboxylic acids is 1. The van der Waals surface area contributed by atoms with Crippen LogP contribution < -0.4 is 14.4 Å². The Morgan fingerprint density at radius 1 is 1.05 bits per heavy atom. The fourth-order valence-electron chi connectivity index (χ4n) is 5.74. The summed E-state index contributed by atoms with van der Waals surface area (Å²) < 4.78 is 69.9. The van der Waals surface area contributed by atoms with E-state index in [2.05, 4.69) is 35.5 Å². The minimum Gasteiger partial charge on any atom is -0.461 e. The van der Waals surface area contributed by atoms with Gasteiger partial charge in [0.2, 0.25) is 0 Å². The van der Waals surface area contributed by atoms with Crippen LogP contribution in [0, 0.1) is 5.82 Å². The van der Waals surface area contributed by atoms with Gasteiger partial charge in [0.15, 0.2) is 5.82 Å². The van der Waals surface area contributed by atoms with Crippen LogP contribution in [-0.4, -0.2) is 89.2 Å². The van der Waals surface area contributed by atoms with Crippen molar-refractivity contribution in [2.75, 3.05) is 50.8 Å². The lowest BCUT2D eigenvalue weighted by atomic mass is 9.95. The van der Waals surface area contributed by atoms with E-state index in [9.17, 15) is 18.0 Å². The summed E-state index contributed by atoms with van der Waals surface area (Å²) in [6.45, 7) is 8.79. The Morgan fingerprint density at radius 2 is 1.70 bits per heavy atom. The van der Waals surface area contributed by atoms with Crippen molar-refractivity contribution in [1.82, 2.24) is 19.8 Å². The molecule has 0 atom stereocenters. The van der Waals surface area contributed by atoms with Crippen molar-refractivity contribution in [3.05, 3.63) is 16.4 Å². The average Bonchev–Trinajstić information content (AvgIpc) is 3.44. The molecule has 3 saturated heterocycles. The predicted molar refractivity (Wildman–Crippen MR) is 142 cm³/mol. The van der Waals surface area contributed by atoms with Crippen molar-refractivity contribution < 1.29 is 36.6 Å². The Bertz CT molecular complexity index is 1270. The molecule has 2 aromatic rings. The van der Waals surface area contributed by atoms with Gasteiger partial charge in [0.1, 0.15) is 29.3 Å². The number of rotatable bonds is 5. The zero-order valence-corrected chi connectivity index (χ0v) is 24.2. The van der Waals surface area contributed by atoms with Crippen molar-refractivity contribution >= 4 is 38.7 Å². The molecule has 0 bridgehead atoms. The van der Waals surface area contributed by atoms with E-state index in [1.165, 1.54) is 0 Å². The Kier molecular flexibility index (Phi) is 7.70. The van der Waals surface area contributed by atoms with Crippen molar-refractivity contribution in [3.8, 4) is 11.8 Å². The standard InChI is InChI=1S/C26H32BrF4N5O4/c1-24(2,3)40-23(37)35-12-10-34(11-13-35)21-16-14-17(39-26(29,30)31)18(27)19(28)20(16)32-22(33-21)38-15-25-6-4-8-36(25)9-5-7-25/h14H,4-13,15H2,1-3H3. The zero-order valence-electron chi connectivity index (χ0n) is 22.6. The number of alkyl halides is 3. The Labute approximate surface area is 237 Å². The molecule has 0 spiro atoms. The normalized spacial score (nSPS) is 19.7. The van der Waals surface area contributed by atoms with Gasteiger partial charge in [-0.3, -0.25) is 4.90 Å². The second kappa shape index (κ2) is 10.7. The number of anilines is 1. The van der Waals surface area contributed by atoms with E-state index in [0.717, 1.165) is 44.8 Å². The highest BCUT2D eigenvalue weighted by molar-refractivity contribution is 9.10. The van der Waals surface area contributed by atoms with Crippen LogP contribution in [0.4, 0.5) is 28.2 Å². The fraction of sp³-hybridized carbons (Fsp3) is 0.654. The largest absolute Gasteiger partial charge is 0.573 e. The van der Waals surface area contributed by atoms with E-state index in [-0.39, 0.29) is 54.4 Å². The van der Waals surface area contributed by atoms with Gasteiger partial charge < -0.3 is 24.0 Å². The summed E-state index contributed by atoms with van der Waals surface area (Å²) in [6.07, 6.45) is -1.39. The molecule has 1 amide bonds. The smallest absolute Gasteiger partial charge is 0.461 e. The van der Waals surface area contributed by atoms with Gasteiger partial charge in [0.05, 0.1) is 10.0 Å². The van der Waals surface area contributed by atoms with Gasteiger partial charge in [-0.25, -0.2) is 9.18 Å². The molecule has 0 radical (unpaired) electrons. The van der Waals surface area contributed by atoms with E-state index in [1.807, 2.05) is 0 Å². The Hall–Kier alpha value is -2.61. The number of aromatic nitrogens is 2. The highest BCUT2D eigenvalue weighted by atomic mass is 79.9. The van der Waals surface area contributed by atoms with Crippen LogP contribution in [0.5, 0.6) is 11.8 Å². The van der Waals surface area contributed by atoms with Crippen LogP contribution in [0.3, 0.4) is 0 Å². The van der Waals surface area contributed by atoms with E-state index in [0.29, 0.717) is 6.61 Å². The van der Waals surface area contributed by atoms with Gasteiger partial charge in [0.25, 0.3) is 0 Å². The molecule has 5 rings (SSSR count). The number of fused-ring (bicyclic) bond motifs is 2. The van der Waals surface area contributed by atoms with E-state index < -0.39 is 34.1 Å². The highest BCUT2D eigenvalue weighted by Crippen LogP contribution is 2.41. The Morgan fingerprint density at radius 3 is 2.30 bits per heavy atom. The molecule has 0 aliphatic carbocycles. The maximum atomic E-state index is 15.5. The first-order chi connectivity index (χ1) is 18.7. The highest BCUT2D eigenvalue weighted by Gasteiger charge is 2.45. The van der Waals surface area contributed by atoms with Gasteiger partial charge in [0, 0.05) is 31.6 Å². The molecule has 3 fully saturated rings. The van der Waals surface area contributed by atoms with Gasteiger partial charge >= 0.3 is 18.5 Å². The molecule has 4 heterocycles. The van der Waals surface area contributed by atoms with Crippen molar-refractivity contribution in [3.63, 3.8) is 0 Å². The maximum Gasteiger partial charge on any atom is 0.573 e. The average molecular weight is 634 g/mol. The number of benzene rings is 1. The second-order valence-electron chi connectivity index (χ2n) is 11.4.